The molecule has 0 N–H and O–H groups in total. The third-order valence-electron chi connectivity index (χ3n) is 5.38. The molecule has 1 fully saturated rings. The number of piperidine rings is 1. The van der Waals surface area contributed by atoms with Crippen molar-refractivity contribution < 1.29 is 4.79 Å². The van der Waals surface area contributed by atoms with Crippen LogP contribution in [0.5, 0.6) is 0 Å². The fraction of sp³-hybridized carbons (Fsp3) is 0.688. The number of carbonyl (C=O) groups excluding carboxylic acids is 1. The van der Waals surface area contributed by atoms with E-state index in [0.29, 0.717) is 17.7 Å². The predicted octanol–water partition coefficient (Wildman–Crippen LogP) is 2.84. The molecule has 1 aromatic heterocycles. The molecule has 4 heteroatoms. The van der Waals surface area contributed by atoms with Crippen molar-refractivity contribution in [2.24, 2.45) is 18.9 Å². The molecule has 2 heterocycles. The van der Waals surface area contributed by atoms with E-state index in [4.69, 9.17) is 0 Å². The van der Waals surface area contributed by atoms with E-state index in [1.807, 2.05) is 0 Å². The Bertz CT molecular complexity index is 523. The van der Waals surface area contributed by atoms with Crippen LogP contribution in [0.4, 0.5) is 0 Å². The molecular formula is C16H25ClN2O. The van der Waals surface area contributed by atoms with Gasteiger partial charge in [-0.2, -0.15) is 0 Å². The second-order valence-corrected chi connectivity index (χ2v) is 6.30. The second-order valence-electron chi connectivity index (χ2n) is 6.30. The van der Waals surface area contributed by atoms with Crippen LogP contribution in [0.25, 0.3) is 0 Å². The standard InChI is InChI=1S/C16H24N2O.ClH/c1-5-13-15-11(6-7-17(13)3)9-14-12(16(15)19)8-10(2)18(14)4;/h8,11,13,15H,5-7,9H2,1-4H3;1H/t11-,13+,15?;/m0./s1. The van der Waals surface area contributed by atoms with E-state index >= 15 is 0 Å². The van der Waals surface area contributed by atoms with E-state index in [1.54, 1.807) is 0 Å². The lowest BCUT2D eigenvalue weighted by Gasteiger charge is -2.45. The second kappa shape index (κ2) is 5.53. The van der Waals surface area contributed by atoms with Gasteiger partial charge in [-0.3, -0.25) is 4.79 Å². The molecule has 3 nitrogen and oxygen atoms in total. The summed E-state index contributed by atoms with van der Waals surface area (Å²) in [6.45, 7) is 5.44. The largest absolute Gasteiger partial charge is 0.351 e. The minimum atomic E-state index is 0. The Labute approximate surface area is 127 Å². The van der Waals surface area contributed by atoms with Gasteiger partial charge in [-0.1, -0.05) is 6.92 Å². The molecule has 1 aliphatic heterocycles. The Morgan fingerprint density at radius 1 is 1.35 bits per heavy atom. The summed E-state index contributed by atoms with van der Waals surface area (Å²) in [6.07, 6.45) is 3.32. The van der Waals surface area contributed by atoms with Gasteiger partial charge in [-0.05, 0) is 51.8 Å². The number of hydrogen-bond acceptors (Lipinski definition) is 2. The minimum absolute atomic E-state index is 0. The van der Waals surface area contributed by atoms with Gasteiger partial charge in [0.25, 0.3) is 0 Å². The zero-order chi connectivity index (χ0) is 13.7. The average molecular weight is 297 g/mol. The summed E-state index contributed by atoms with van der Waals surface area (Å²) in [5, 5.41) is 0. The number of likely N-dealkylation sites (tertiary alicyclic amines) is 1. The Kier molecular flexibility index (Phi) is 4.31. The summed E-state index contributed by atoms with van der Waals surface area (Å²) in [6, 6.07) is 2.52. The third kappa shape index (κ3) is 2.11. The highest BCUT2D eigenvalue weighted by atomic mass is 35.5. The zero-order valence-electron chi connectivity index (χ0n) is 12.8. The molecule has 0 spiro atoms. The number of Topliss-reactive ketones (excluding diaryl/α,β-unsaturated/α-hetero) is 1. The molecule has 3 rings (SSSR count). The SMILES string of the molecule is CC[C@@H]1C2C(=O)c3cc(C)n(C)c3C[C@@H]2CCN1C.Cl. The van der Waals surface area contributed by atoms with Gasteiger partial charge in [0.2, 0.25) is 0 Å². The predicted molar refractivity (Wildman–Crippen MR) is 83.7 cm³/mol. The Balaban J connectivity index is 0.00000147. The highest BCUT2D eigenvalue weighted by molar-refractivity contribution is 6.01. The van der Waals surface area contributed by atoms with Gasteiger partial charge in [0.1, 0.15) is 0 Å². The Hall–Kier alpha value is -0.800. The van der Waals surface area contributed by atoms with E-state index in [2.05, 4.69) is 43.5 Å². The third-order valence-corrected chi connectivity index (χ3v) is 5.38. The van der Waals surface area contributed by atoms with Crippen molar-refractivity contribution in [1.29, 1.82) is 0 Å². The number of carbonyl (C=O) groups is 1. The topological polar surface area (TPSA) is 25.2 Å². The number of aromatic nitrogens is 1. The summed E-state index contributed by atoms with van der Waals surface area (Å²) in [5.41, 5.74) is 3.47. The molecule has 0 saturated carbocycles. The fourth-order valence-electron chi connectivity index (χ4n) is 4.16. The molecule has 2 aliphatic rings. The lowest BCUT2D eigenvalue weighted by molar-refractivity contribution is 0.0448. The minimum Gasteiger partial charge on any atom is -0.351 e. The van der Waals surface area contributed by atoms with Gasteiger partial charge in [0, 0.05) is 36.0 Å². The van der Waals surface area contributed by atoms with Gasteiger partial charge in [-0.25, -0.2) is 0 Å². The van der Waals surface area contributed by atoms with Crippen LogP contribution in [0.1, 0.15) is 41.5 Å². The molecule has 1 saturated heterocycles. The first-order chi connectivity index (χ1) is 9.04. The van der Waals surface area contributed by atoms with E-state index < -0.39 is 0 Å². The van der Waals surface area contributed by atoms with Crippen LogP contribution in [0.15, 0.2) is 6.07 Å². The first kappa shape index (κ1) is 15.6. The maximum atomic E-state index is 12.9. The van der Waals surface area contributed by atoms with Crippen molar-refractivity contribution >= 4 is 18.2 Å². The van der Waals surface area contributed by atoms with Gasteiger partial charge in [0.15, 0.2) is 5.78 Å². The molecule has 1 aromatic rings. The molecule has 0 aromatic carbocycles. The van der Waals surface area contributed by atoms with Crippen LogP contribution in [0.2, 0.25) is 0 Å². The lowest BCUT2D eigenvalue weighted by Crippen LogP contribution is -2.52. The molecule has 3 atom stereocenters. The van der Waals surface area contributed by atoms with E-state index in [9.17, 15) is 4.79 Å². The van der Waals surface area contributed by atoms with Gasteiger partial charge in [-0.15, -0.1) is 12.4 Å². The molecule has 112 valence electrons. The average Bonchev–Trinajstić information content (AvgIpc) is 2.68. The van der Waals surface area contributed by atoms with Crippen LogP contribution < -0.4 is 0 Å². The smallest absolute Gasteiger partial charge is 0.169 e. The zero-order valence-corrected chi connectivity index (χ0v) is 13.7. The van der Waals surface area contributed by atoms with Gasteiger partial charge >= 0.3 is 0 Å². The van der Waals surface area contributed by atoms with Crippen molar-refractivity contribution in [3.63, 3.8) is 0 Å². The Morgan fingerprint density at radius 2 is 2.05 bits per heavy atom. The maximum absolute atomic E-state index is 12.9. The molecule has 0 radical (unpaired) electrons. The summed E-state index contributed by atoms with van der Waals surface area (Å²) in [4.78, 5) is 15.3. The molecule has 0 bridgehead atoms. The van der Waals surface area contributed by atoms with E-state index in [-0.39, 0.29) is 18.3 Å². The first-order valence-electron chi connectivity index (χ1n) is 7.44. The fourth-order valence-corrected chi connectivity index (χ4v) is 4.16. The number of hydrogen-bond donors (Lipinski definition) is 0. The van der Waals surface area contributed by atoms with Gasteiger partial charge < -0.3 is 9.47 Å². The summed E-state index contributed by atoms with van der Waals surface area (Å²) in [5.74, 6) is 1.17. The van der Waals surface area contributed by atoms with Crippen LogP contribution in [0, 0.1) is 18.8 Å². The van der Waals surface area contributed by atoms with Gasteiger partial charge in [0.05, 0.1) is 0 Å². The van der Waals surface area contributed by atoms with E-state index in [1.165, 1.54) is 11.4 Å². The molecule has 0 amide bonds. The first-order valence-corrected chi connectivity index (χ1v) is 7.44. The number of halogens is 1. The van der Waals surface area contributed by atoms with Crippen LogP contribution >= 0.6 is 12.4 Å². The quantitative estimate of drug-likeness (QED) is 0.796. The summed E-state index contributed by atoms with van der Waals surface area (Å²) >= 11 is 0. The summed E-state index contributed by atoms with van der Waals surface area (Å²) in [7, 11) is 4.26. The number of fused-ring (bicyclic) bond motifs is 2. The number of aryl methyl sites for hydroxylation is 1. The highest BCUT2D eigenvalue weighted by Gasteiger charge is 2.44. The highest BCUT2D eigenvalue weighted by Crippen LogP contribution is 2.40. The number of rotatable bonds is 1. The molecular weight excluding hydrogens is 272 g/mol. The summed E-state index contributed by atoms with van der Waals surface area (Å²) < 4.78 is 2.21. The van der Waals surface area contributed by atoms with Crippen molar-refractivity contribution in [2.45, 2.75) is 39.2 Å². The maximum Gasteiger partial charge on any atom is 0.169 e. The number of nitrogens with zero attached hydrogens (tertiary/aromatic N) is 2. The lowest BCUT2D eigenvalue weighted by atomic mass is 9.69. The monoisotopic (exact) mass is 296 g/mol. The molecule has 1 unspecified atom stereocenters. The molecule has 1 aliphatic carbocycles. The Morgan fingerprint density at radius 3 is 2.70 bits per heavy atom. The van der Waals surface area contributed by atoms with Crippen molar-refractivity contribution in [1.82, 2.24) is 9.47 Å². The van der Waals surface area contributed by atoms with Crippen molar-refractivity contribution in [3.05, 3.63) is 23.0 Å². The normalized spacial score (nSPS) is 29.6. The number of ketones is 1. The van der Waals surface area contributed by atoms with Crippen LogP contribution in [0.3, 0.4) is 0 Å². The van der Waals surface area contributed by atoms with Crippen molar-refractivity contribution in [3.8, 4) is 0 Å². The van der Waals surface area contributed by atoms with Crippen molar-refractivity contribution in [2.75, 3.05) is 13.6 Å². The van der Waals surface area contributed by atoms with Crippen LogP contribution in [-0.4, -0.2) is 34.9 Å². The van der Waals surface area contributed by atoms with Crippen LogP contribution in [-0.2, 0) is 13.5 Å². The molecule has 20 heavy (non-hydrogen) atoms. The van der Waals surface area contributed by atoms with E-state index in [0.717, 1.165) is 31.4 Å².